The molecule has 0 saturated heterocycles. The van der Waals surface area contributed by atoms with Crippen molar-refractivity contribution >= 4 is 33.9 Å². The third-order valence-corrected chi connectivity index (χ3v) is 2.73. The smallest absolute Gasteiger partial charge is 0.314 e. The molecular weight excluding hydrogens is 200 g/mol. The lowest BCUT2D eigenvalue weighted by atomic mass is 10.1. The summed E-state index contributed by atoms with van der Waals surface area (Å²) in [5.41, 5.74) is 2.76. The number of aromatic nitrogens is 1. The van der Waals surface area contributed by atoms with Gasteiger partial charge in [-0.2, -0.15) is 0 Å². The van der Waals surface area contributed by atoms with Crippen LogP contribution in [0.25, 0.3) is 21.8 Å². The third kappa shape index (κ3) is 1.18. The summed E-state index contributed by atoms with van der Waals surface area (Å²) in [6.45, 7) is 0. The average molecular weight is 209 g/mol. The van der Waals surface area contributed by atoms with Crippen LogP contribution in [0.4, 0.5) is 5.69 Å². The molecule has 0 aliphatic rings. The Hall–Kier alpha value is -2.29. The van der Waals surface area contributed by atoms with Gasteiger partial charge in [0.1, 0.15) is 0 Å². The summed E-state index contributed by atoms with van der Waals surface area (Å²) in [4.78, 5) is 13.7. The Morgan fingerprint density at radius 1 is 1.00 bits per heavy atom. The number of nitrogens with one attached hydrogen (secondary N) is 2. The van der Waals surface area contributed by atoms with Crippen LogP contribution in [0.2, 0.25) is 0 Å². The van der Waals surface area contributed by atoms with Crippen LogP contribution in [0.15, 0.2) is 42.5 Å². The number of anilines is 1. The predicted molar refractivity (Wildman–Crippen MR) is 65.1 cm³/mol. The molecule has 2 N–H and O–H groups in total. The molecule has 0 aliphatic heterocycles. The van der Waals surface area contributed by atoms with Crippen molar-refractivity contribution in [3.63, 3.8) is 0 Å². The molecule has 0 saturated carbocycles. The molecule has 77 valence electrons. The van der Waals surface area contributed by atoms with Crippen molar-refractivity contribution in [2.24, 2.45) is 0 Å². The van der Waals surface area contributed by atoms with Crippen LogP contribution >= 0.6 is 0 Å². The quantitative estimate of drug-likeness (QED) is 0.626. The standard InChI is InChI=1S/C13H9N2O/c16-8-14-12-7-3-5-10-9-4-1-2-6-11(9)15-13(10)12/h1-7,15H,(H,14,16). The molecule has 0 atom stereocenters. The van der Waals surface area contributed by atoms with Gasteiger partial charge in [0.25, 0.3) is 0 Å². The third-order valence-electron chi connectivity index (χ3n) is 2.73. The van der Waals surface area contributed by atoms with E-state index in [1.165, 1.54) is 0 Å². The molecule has 16 heavy (non-hydrogen) atoms. The molecule has 1 heterocycles. The molecule has 3 heteroatoms. The number of fused-ring (bicyclic) bond motifs is 3. The minimum absolute atomic E-state index is 0.753. The SMILES string of the molecule is O=[C]Nc1cccc2c1[nH]c1ccccc12. The molecule has 0 aliphatic carbocycles. The van der Waals surface area contributed by atoms with Gasteiger partial charge >= 0.3 is 6.41 Å². The first-order chi connectivity index (χ1) is 7.90. The van der Waals surface area contributed by atoms with E-state index in [2.05, 4.69) is 16.4 Å². The first-order valence-corrected chi connectivity index (χ1v) is 5.03. The van der Waals surface area contributed by atoms with Gasteiger partial charge < -0.3 is 10.3 Å². The van der Waals surface area contributed by atoms with Crippen molar-refractivity contribution in [1.82, 2.24) is 4.98 Å². The van der Waals surface area contributed by atoms with E-state index < -0.39 is 0 Å². The van der Waals surface area contributed by atoms with Crippen LogP contribution in [-0.2, 0) is 4.79 Å². The van der Waals surface area contributed by atoms with Crippen molar-refractivity contribution in [3.8, 4) is 0 Å². The molecule has 1 radical (unpaired) electrons. The van der Waals surface area contributed by atoms with Gasteiger partial charge in [0.05, 0.1) is 11.2 Å². The highest BCUT2D eigenvalue weighted by Gasteiger charge is 2.06. The monoisotopic (exact) mass is 209 g/mol. The topological polar surface area (TPSA) is 44.9 Å². The maximum Gasteiger partial charge on any atom is 0.314 e. The van der Waals surface area contributed by atoms with Crippen molar-refractivity contribution < 1.29 is 4.79 Å². The normalized spacial score (nSPS) is 10.8. The van der Waals surface area contributed by atoms with E-state index in [9.17, 15) is 4.79 Å². The number of para-hydroxylation sites is 2. The Bertz CT molecular complexity index is 670. The molecule has 0 fully saturated rings. The zero-order chi connectivity index (χ0) is 11.0. The van der Waals surface area contributed by atoms with Gasteiger partial charge in [-0.15, -0.1) is 0 Å². The number of hydrogen-bond acceptors (Lipinski definition) is 1. The number of H-pyrrole nitrogens is 1. The minimum Gasteiger partial charge on any atom is -0.353 e. The van der Waals surface area contributed by atoms with Crippen LogP contribution in [0.3, 0.4) is 0 Å². The van der Waals surface area contributed by atoms with Crippen LogP contribution in [0.5, 0.6) is 0 Å². The van der Waals surface area contributed by atoms with E-state index in [-0.39, 0.29) is 0 Å². The van der Waals surface area contributed by atoms with E-state index in [1.54, 1.807) is 6.41 Å². The Morgan fingerprint density at radius 2 is 1.81 bits per heavy atom. The van der Waals surface area contributed by atoms with Crippen LogP contribution in [-0.4, -0.2) is 11.4 Å². The van der Waals surface area contributed by atoms with Gasteiger partial charge in [0, 0.05) is 16.3 Å². The zero-order valence-corrected chi connectivity index (χ0v) is 8.45. The number of hydrogen-bond donors (Lipinski definition) is 2. The van der Waals surface area contributed by atoms with Gasteiger partial charge in [-0.05, 0) is 12.1 Å². The van der Waals surface area contributed by atoms with Crippen molar-refractivity contribution in [2.75, 3.05) is 5.32 Å². The zero-order valence-electron chi connectivity index (χ0n) is 8.45. The van der Waals surface area contributed by atoms with E-state index in [4.69, 9.17) is 0 Å². The summed E-state index contributed by atoms with van der Waals surface area (Å²) in [5.74, 6) is 0. The molecule has 0 spiro atoms. The van der Waals surface area contributed by atoms with Crippen LogP contribution < -0.4 is 5.32 Å². The summed E-state index contributed by atoms with van der Waals surface area (Å²) in [7, 11) is 0. The van der Waals surface area contributed by atoms with Crippen molar-refractivity contribution in [1.29, 1.82) is 0 Å². The molecule has 2 aromatic carbocycles. The van der Waals surface area contributed by atoms with Crippen LogP contribution in [0.1, 0.15) is 0 Å². The molecule has 3 aromatic rings. The Morgan fingerprint density at radius 3 is 2.69 bits per heavy atom. The van der Waals surface area contributed by atoms with Crippen molar-refractivity contribution in [3.05, 3.63) is 42.5 Å². The average Bonchev–Trinajstić information content (AvgIpc) is 2.69. The second-order valence-electron chi connectivity index (χ2n) is 3.63. The van der Waals surface area contributed by atoms with Crippen LogP contribution in [0, 0.1) is 0 Å². The number of benzene rings is 2. The summed E-state index contributed by atoms with van der Waals surface area (Å²) >= 11 is 0. The molecule has 0 bridgehead atoms. The molecule has 3 rings (SSSR count). The minimum atomic E-state index is 0.753. The summed E-state index contributed by atoms with van der Waals surface area (Å²) < 4.78 is 0. The van der Waals surface area contributed by atoms with Gasteiger partial charge in [-0.3, -0.25) is 4.79 Å². The predicted octanol–water partition coefficient (Wildman–Crippen LogP) is 2.80. The second kappa shape index (κ2) is 3.38. The Balaban J connectivity index is 2.43. The van der Waals surface area contributed by atoms with E-state index in [1.807, 2.05) is 36.4 Å². The molecular formula is C13H9N2O. The van der Waals surface area contributed by atoms with Crippen molar-refractivity contribution in [2.45, 2.75) is 0 Å². The lowest BCUT2D eigenvalue weighted by Gasteiger charge is -1.98. The Labute approximate surface area is 92.1 Å². The first kappa shape index (κ1) is 8.97. The fourth-order valence-electron chi connectivity index (χ4n) is 2.03. The van der Waals surface area contributed by atoms with Gasteiger partial charge in [-0.25, -0.2) is 0 Å². The molecule has 3 nitrogen and oxygen atoms in total. The maximum absolute atomic E-state index is 10.4. The largest absolute Gasteiger partial charge is 0.353 e. The molecule has 1 amide bonds. The van der Waals surface area contributed by atoms with E-state index in [0.717, 1.165) is 27.5 Å². The number of carbonyl (C=O) groups excluding carboxylic acids is 1. The number of rotatable bonds is 2. The molecule has 0 unspecified atom stereocenters. The highest BCUT2D eigenvalue weighted by atomic mass is 16.1. The Kier molecular flexibility index (Phi) is 1.90. The van der Waals surface area contributed by atoms with E-state index >= 15 is 0 Å². The second-order valence-corrected chi connectivity index (χ2v) is 3.63. The summed E-state index contributed by atoms with van der Waals surface area (Å²) in [5, 5.41) is 4.84. The first-order valence-electron chi connectivity index (χ1n) is 5.03. The van der Waals surface area contributed by atoms with Gasteiger partial charge in [0.15, 0.2) is 0 Å². The lowest BCUT2D eigenvalue weighted by molar-refractivity contribution is 0.561. The fourth-order valence-corrected chi connectivity index (χ4v) is 2.03. The fraction of sp³-hybridized carbons (Fsp3) is 0. The highest BCUT2D eigenvalue weighted by molar-refractivity contribution is 6.11. The maximum atomic E-state index is 10.4. The highest BCUT2D eigenvalue weighted by Crippen LogP contribution is 2.29. The lowest BCUT2D eigenvalue weighted by Crippen LogP contribution is -1.93. The summed E-state index contributed by atoms with van der Waals surface area (Å²) in [6.07, 6.45) is 1.70. The molecule has 1 aromatic heterocycles. The van der Waals surface area contributed by atoms with Gasteiger partial charge in [0.2, 0.25) is 0 Å². The van der Waals surface area contributed by atoms with Gasteiger partial charge in [-0.1, -0.05) is 30.3 Å². The van der Waals surface area contributed by atoms with E-state index in [0.29, 0.717) is 0 Å². The number of amides is 1. The number of aromatic amines is 1. The summed E-state index contributed by atoms with van der Waals surface area (Å²) in [6, 6.07) is 13.9.